The van der Waals surface area contributed by atoms with E-state index in [0.717, 1.165) is 24.2 Å². The van der Waals surface area contributed by atoms with Crippen molar-refractivity contribution in [2.45, 2.75) is 57.7 Å². The third-order valence-corrected chi connectivity index (χ3v) is 5.14. The molecule has 1 aromatic carbocycles. The molecule has 6 nitrogen and oxygen atoms in total. The lowest BCUT2D eigenvalue weighted by atomic mass is 10.1. The fourth-order valence-electron chi connectivity index (χ4n) is 3.50. The Bertz CT molecular complexity index is 856. The Balaban J connectivity index is 1.58. The maximum atomic E-state index is 12.3. The number of nitrogens with one attached hydrogen (secondary N) is 1. The lowest BCUT2D eigenvalue weighted by Gasteiger charge is -2.19. The van der Waals surface area contributed by atoms with Crippen molar-refractivity contribution in [3.8, 4) is 11.5 Å². The van der Waals surface area contributed by atoms with Gasteiger partial charge in [0.05, 0.1) is 19.3 Å². The SMILES string of the molecule is COc1cc(C(C)NC(=O)CCn2ccccc2=O)ccc1OC1CCCC1. The molecule has 0 spiro atoms. The van der Waals surface area contributed by atoms with Crippen molar-refractivity contribution in [3.05, 3.63) is 58.5 Å². The van der Waals surface area contributed by atoms with Crippen molar-refractivity contribution >= 4 is 5.91 Å². The average Bonchev–Trinajstić information content (AvgIpc) is 3.20. The highest BCUT2D eigenvalue weighted by atomic mass is 16.5. The molecule has 1 unspecified atom stereocenters. The zero-order chi connectivity index (χ0) is 19.9. The average molecular weight is 384 g/mol. The van der Waals surface area contributed by atoms with Gasteiger partial charge in [-0.2, -0.15) is 0 Å². The van der Waals surface area contributed by atoms with Crippen LogP contribution in [0.15, 0.2) is 47.4 Å². The van der Waals surface area contributed by atoms with E-state index in [0.29, 0.717) is 12.3 Å². The predicted molar refractivity (Wildman–Crippen MR) is 108 cm³/mol. The van der Waals surface area contributed by atoms with Crippen LogP contribution in [0.25, 0.3) is 0 Å². The molecule has 0 aliphatic heterocycles. The van der Waals surface area contributed by atoms with Crippen LogP contribution in [-0.4, -0.2) is 23.7 Å². The van der Waals surface area contributed by atoms with Crippen LogP contribution in [0.1, 0.15) is 50.6 Å². The number of hydrogen-bond donors (Lipinski definition) is 1. The molecule has 1 amide bonds. The topological polar surface area (TPSA) is 69.6 Å². The minimum Gasteiger partial charge on any atom is -0.493 e. The molecule has 150 valence electrons. The first-order chi connectivity index (χ1) is 13.6. The molecule has 1 aliphatic carbocycles. The number of aromatic nitrogens is 1. The summed E-state index contributed by atoms with van der Waals surface area (Å²) in [6.45, 7) is 2.29. The van der Waals surface area contributed by atoms with Crippen LogP contribution in [0, 0.1) is 0 Å². The minimum atomic E-state index is -0.172. The Labute approximate surface area is 165 Å². The Hall–Kier alpha value is -2.76. The Morgan fingerprint density at radius 1 is 1.21 bits per heavy atom. The number of carbonyl (C=O) groups excluding carboxylic acids is 1. The number of amides is 1. The second-order valence-corrected chi connectivity index (χ2v) is 7.21. The summed E-state index contributed by atoms with van der Waals surface area (Å²) >= 11 is 0. The number of nitrogens with zero attached hydrogens (tertiary/aromatic N) is 1. The van der Waals surface area contributed by atoms with E-state index in [2.05, 4.69) is 5.32 Å². The van der Waals surface area contributed by atoms with Gasteiger partial charge in [-0.1, -0.05) is 12.1 Å². The number of benzene rings is 1. The third kappa shape index (κ3) is 5.15. The van der Waals surface area contributed by atoms with Gasteiger partial charge in [0, 0.05) is 25.2 Å². The smallest absolute Gasteiger partial charge is 0.250 e. The molecule has 1 N–H and O–H groups in total. The number of rotatable bonds is 8. The maximum Gasteiger partial charge on any atom is 0.250 e. The van der Waals surface area contributed by atoms with E-state index >= 15 is 0 Å². The maximum absolute atomic E-state index is 12.3. The van der Waals surface area contributed by atoms with Crippen LogP contribution in [-0.2, 0) is 11.3 Å². The van der Waals surface area contributed by atoms with E-state index in [-0.39, 0.29) is 30.0 Å². The summed E-state index contributed by atoms with van der Waals surface area (Å²) in [6.07, 6.45) is 6.79. The summed E-state index contributed by atoms with van der Waals surface area (Å²) < 4.78 is 13.1. The van der Waals surface area contributed by atoms with Crippen molar-refractivity contribution in [3.63, 3.8) is 0 Å². The van der Waals surface area contributed by atoms with Crippen LogP contribution >= 0.6 is 0 Å². The van der Waals surface area contributed by atoms with E-state index in [9.17, 15) is 9.59 Å². The zero-order valence-electron chi connectivity index (χ0n) is 16.5. The zero-order valence-corrected chi connectivity index (χ0v) is 16.5. The largest absolute Gasteiger partial charge is 0.493 e. The first kappa shape index (κ1) is 20.0. The first-order valence-corrected chi connectivity index (χ1v) is 9.86. The molecule has 28 heavy (non-hydrogen) atoms. The molecule has 6 heteroatoms. The van der Waals surface area contributed by atoms with Gasteiger partial charge in [-0.3, -0.25) is 9.59 Å². The molecular formula is C22H28N2O4. The van der Waals surface area contributed by atoms with Crippen LogP contribution in [0.3, 0.4) is 0 Å². The number of methoxy groups -OCH3 is 1. The number of hydrogen-bond acceptors (Lipinski definition) is 4. The highest BCUT2D eigenvalue weighted by Crippen LogP contribution is 2.33. The van der Waals surface area contributed by atoms with Gasteiger partial charge in [-0.15, -0.1) is 0 Å². The quantitative estimate of drug-likeness (QED) is 0.757. The van der Waals surface area contributed by atoms with Gasteiger partial charge in [0.1, 0.15) is 0 Å². The molecule has 1 heterocycles. The second kappa shape index (κ2) is 9.44. The van der Waals surface area contributed by atoms with Crippen molar-refractivity contribution in [1.82, 2.24) is 9.88 Å². The van der Waals surface area contributed by atoms with Crippen LogP contribution in [0.5, 0.6) is 11.5 Å². The Kier molecular flexibility index (Phi) is 6.74. The van der Waals surface area contributed by atoms with E-state index in [1.165, 1.54) is 23.5 Å². The molecule has 0 saturated heterocycles. The van der Waals surface area contributed by atoms with Gasteiger partial charge in [0.15, 0.2) is 11.5 Å². The summed E-state index contributed by atoms with van der Waals surface area (Å²) in [5, 5.41) is 2.98. The molecule has 1 aliphatic rings. The van der Waals surface area contributed by atoms with E-state index in [4.69, 9.17) is 9.47 Å². The third-order valence-electron chi connectivity index (χ3n) is 5.14. The van der Waals surface area contributed by atoms with Crippen molar-refractivity contribution < 1.29 is 14.3 Å². The molecular weight excluding hydrogens is 356 g/mol. The van der Waals surface area contributed by atoms with Crippen molar-refractivity contribution in [1.29, 1.82) is 0 Å². The molecule has 2 aromatic rings. The lowest BCUT2D eigenvalue weighted by Crippen LogP contribution is -2.29. The number of aryl methyl sites for hydroxylation is 1. The number of pyridine rings is 1. The summed E-state index contributed by atoms with van der Waals surface area (Å²) in [5.74, 6) is 1.33. The van der Waals surface area contributed by atoms with Gasteiger partial charge in [-0.05, 0) is 56.4 Å². The van der Waals surface area contributed by atoms with Gasteiger partial charge >= 0.3 is 0 Å². The summed E-state index contributed by atoms with van der Waals surface area (Å²) in [4.78, 5) is 24.0. The summed E-state index contributed by atoms with van der Waals surface area (Å²) in [7, 11) is 1.63. The molecule has 1 aromatic heterocycles. The van der Waals surface area contributed by atoms with E-state index in [1.807, 2.05) is 25.1 Å². The number of ether oxygens (including phenoxy) is 2. The molecule has 1 saturated carbocycles. The monoisotopic (exact) mass is 384 g/mol. The predicted octanol–water partition coefficient (Wildman–Crippen LogP) is 3.45. The molecule has 0 radical (unpaired) electrons. The normalized spacial score (nSPS) is 15.2. The van der Waals surface area contributed by atoms with Crippen molar-refractivity contribution in [2.24, 2.45) is 0 Å². The Morgan fingerprint density at radius 2 is 2.00 bits per heavy atom. The van der Waals surface area contributed by atoms with Crippen LogP contribution in [0.4, 0.5) is 0 Å². The minimum absolute atomic E-state index is 0.103. The van der Waals surface area contributed by atoms with E-state index in [1.54, 1.807) is 25.4 Å². The van der Waals surface area contributed by atoms with Crippen LogP contribution < -0.4 is 20.3 Å². The number of carbonyl (C=O) groups is 1. The lowest BCUT2D eigenvalue weighted by molar-refractivity contribution is -0.121. The van der Waals surface area contributed by atoms with Crippen molar-refractivity contribution in [2.75, 3.05) is 7.11 Å². The van der Waals surface area contributed by atoms with Gasteiger partial charge in [-0.25, -0.2) is 0 Å². The fraction of sp³-hybridized carbons (Fsp3) is 0.455. The fourth-order valence-corrected chi connectivity index (χ4v) is 3.50. The molecule has 1 atom stereocenters. The first-order valence-electron chi connectivity index (χ1n) is 9.86. The highest BCUT2D eigenvalue weighted by Gasteiger charge is 2.19. The standard InChI is InChI=1S/C22H28N2O4/c1-16(23-21(25)12-14-24-13-6-5-9-22(24)26)17-10-11-19(20(15-17)27-2)28-18-7-3-4-8-18/h5-6,9-11,13,15-16,18H,3-4,7-8,12,14H2,1-2H3,(H,23,25). The summed E-state index contributed by atoms with van der Waals surface area (Å²) in [6, 6.07) is 10.6. The second-order valence-electron chi connectivity index (χ2n) is 7.21. The van der Waals surface area contributed by atoms with Gasteiger partial charge in [0.2, 0.25) is 5.91 Å². The molecule has 1 fully saturated rings. The summed E-state index contributed by atoms with van der Waals surface area (Å²) in [5.41, 5.74) is 0.840. The van der Waals surface area contributed by atoms with E-state index < -0.39 is 0 Å². The Morgan fingerprint density at radius 3 is 2.71 bits per heavy atom. The highest BCUT2D eigenvalue weighted by molar-refractivity contribution is 5.76. The molecule has 3 rings (SSSR count). The molecule has 0 bridgehead atoms. The van der Waals surface area contributed by atoms with Crippen LogP contribution in [0.2, 0.25) is 0 Å². The van der Waals surface area contributed by atoms with Gasteiger partial charge in [0.25, 0.3) is 5.56 Å². The van der Waals surface area contributed by atoms with Gasteiger partial charge < -0.3 is 19.4 Å².